The molecular formula is C14H13ClO2. The van der Waals surface area contributed by atoms with Crippen molar-refractivity contribution in [2.45, 2.75) is 6.10 Å². The highest BCUT2D eigenvalue weighted by molar-refractivity contribution is 6.30. The molecule has 1 atom stereocenters. The van der Waals surface area contributed by atoms with Gasteiger partial charge in [0.15, 0.2) is 0 Å². The van der Waals surface area contributed by atoms with Crippen molar-refractivity contribution >= 4 is 11.6 Å². The molecule has 0 aliphatic heterocycles. The van der Waals surface area contributed by atoms with Crippen LogP contribution in [0.3, 0.4) is 0 Å². The molecule has 0 aliphatic carbocycles. The zero-order chi connectivity index (χ0) is 12.1. The summed E-state index contributed by atoms with van der Waals surface area (Å²) in [6.07, 6.45) is -0.629. The van der Waals surface area contributed by atoms with E-state index in [-0.39, 0.29) is 6.61 Å². The van der Waals surface area contributed by atoms with E-state index in [9.17, 15) is 5.11 Å². The zero-order valence-corrected chi connectivity index (χ0v) is 9.97. The molecule has 2 nitrogen and oxygen atoms in total. The molecule has 0 aliphatic rings. The van der Waals surface area contributed by atoms with Crippen LogP contribution in [0.4, 0.5) is 0 Å². The average Bonchev–Trinajstić information content (AvgIpc) is 2.37. The molecule has 0 amide bonds. The molecule has 88 valence electrons. The highest BCUT2D eigenvalue weighted by Crippen LogP contribution is 2.19. The molecule has 3 heteroatoms. The Hall–Kier alpha value is -1.51. The van der Waals surface area contributed by atoms with Gasteiger partial charge in [0.1, 0.15) is 18.5 Å². The lowest BCUT2D eigenvalue weighted by Crippen LogP contribution is -2.09. The topological polar surface area (TPSA) is 29.5 Å². The second-order valence-electron chi connectivity index (χ2n) is 3.69. The van der Waals surface area contributed by atoms with E-state index in [1.165, 1.54) is 0 Å². The Kier molecular flexibility index (Phi) is 4.02. The Morgan fingerprint density at radius 1 is 1.06 bits per heavy atom. The smallest absolute Gasteiger partial charge is 0.120 e. The molecule has 2 aromatic carbocycles. The van der Waals surface area contributed by atoms with Crippen molar-refractivity contribution in [1.29, 1.82) is 0 Å². The summed E-state index contributed by atoms with van der Waals surface area (Å²) in [4.78, 5) is 0. The van der Waals surface area contributed by atoms with Crippen LogP contribution in [0.5, 0.6) is 5.75 Å². The average molecular weight is 249 g/mol. The number of aliphatic hydroxyl groups excluding tert-OH is 1. The van der Waals surface area contributed by atoms with E-state index in [4.69, 9.17) is 16.3 Å². The van der Waals surface area contributed by atoms with Crippen molar-refractivity contribution in [2.75, 3.05) is 6.61 Å². The van der Waals surface area contributed by atoms with Gasteiger partial charge in [0, 0.05) is 5.02 Å². The molecule has 2 rings (SSSR count). The first-order chi connectivity index (χ1) is 8.25. The van der Waals surface area contributed by atoms with Gasteiger partial charge >= 0.3 is 0 Å². The van der Waals surface area contributed by atoms with Gasteiger partial charge < -0.3 is 9.84 Å². The molecular weight excluding hydrogens is 236 g/mol. The van der Waals surface area contributed by atoms with Gasteiger partial charge in [-0.2, -0.15) is 0 Å². The molecule has 0 radical (unpaired) electrons. The largest absolute Gasteiger partial charge is 0.490 e. The molecule has 1 unspecified atom stereocenters. The number of halogens is 1. The second kappa shape index (κ2) is 5.71. The summed E-state index contributed by atoms with van der Waals surface area (Å²) in [6.45, 7) is 0.213. The molecule has 0 saturated carbocycles. The first kappa shape index (κ1) is 12.0. The van der Waals surface area contributed by atoms with Gasteiger partial charge in [-0.1, -0.05) is 48.0 Å². The SMILES string of the molecule is OC(COc1cccc(Cl)c1)c1ccccc1. The zero-order valence-electron chi connectivity index (χ0n) is 9.21. The Balaban J connectivity index is 1.95. The first-order valence-corrected chi connectivity index (χ1v) is 5.75. The van der Waals surface area contributed by atoms with Gasteiger partial charge in [-0.3, -0.25) is 0 Å². The summed E-state index contributed by atoms with van der Waals surface area (Å²) in [7, 11) is 0. The number of ether oxygens (including phenoxy) is 1. The van der Waals surface area contributed by atoms with Crippen LogP contribution in [0, 0.1) is 0 Å². The van der Waals surface area contributed by atoms with Gasteiger partial charge in [0.05, 0.1) is 0 Å². The second-order valence-corrected chi connectivity index (χ2v) is 4.13. The lowest BCUT2D eigenvalue weighted by molar-refractivity contribution is 0.108. The summed E-state index contributed by atoms with van der Waals surface area (Å²) in [6, 6.07) is 16.5. The van der Waals surface area contributed by atoms with E-state index in [0.29, 0.717) is 10.8 Å². The van der Waals surface area contributed by atoms with Crippen LogP contribution < -0.4 is 4.74 Å². The third-order valence-corrected chi connectivity index (χ3v) is 2.62. The van der Waals surface area contributed by atoms with Crippen LogP contribution in [0.15, 0.2) is 54.6 Å². The minimum absolute atomic E-state index is 0.213. The standard InChI is InChI=1S/C14H13ClO2/c15-12-7-4-8-13(9-12)17-10-14(16)11-5-2-1-3-6-11/h1-9,14,16H,10H2. The van der Waals surface area contributed by atoms with Crippen molar-refractivity contribution in [1.82, 2.24) is 0 Å². The summed E-state index contributed by atoms with van der Waals surface area (Å²) < 4.78 is 5.47. The molecule has 0 heterocycles. The van der Waals surface area contributed by atoms with Crippen LogP contribution in [0.25, 0.3) is 0 Å². The van der Waals surface area contributed by atoms with Crippen LogP contribution in [0.1, 0.15) is 11.7 Å². The van der Waals surface area contributed by atoms with E-state index >= 15 is 0 Å². The van der Waals surface area contributed by atoms with E-state index in [0.717, 1.165) is 5.56 Å². The van der Waals surface area contributed by atoms with Crippen LogP contribution in [0.2, 0.25) is 5.02 Å². The van der Waals surface area contributed by atoms with Crippen molar-refractivity contribution in [3.05, 3.63) is 65.2 Å². The fourth-order valence-electron chi connectivity index (χ4n) is 1.50. The van der Waals surface area contributed by atoms with Crippen molar-refractivity contribution in [3.63, 3.8) is 0 Å². The monoisotopic (exact) mass is 248 g/mol. The number of aliphatic hydroxyl groups is 1. The molecule has 0 fully saturated rings. The number of hydrogen-bond acceptors (Lipinski definition) is 2. The van der Waals surface area contributed by atoms with E-state index in [1.807, 2.05) is 42.5 Å². The van der Waals surface area contributed by atoms with Gasteiger partial charge in [-0.05, 0) is 23.8 Å². The predicted molar refractivity (Wildman–Crippen MR) is 68.3 cm³/mol. The Bertz CT molecular complexity index is 471. The number of benzene rings is 2. The van der Waals surface area contributed by atoms with Crippen molar-refractivity contribution in [2.24, 2.45) is 0 Å². The van der Waals surface area contributed by atoms with Gasteiger partial charge in [0.25, 0.3) is 0 Å². The maximum Gasteiger partial charge on any atom is 0.120 e. The normalized spacial score (nSPS) is 12.1. The van der Waals surface area contributed by atoms with E-state index in [1.54, 1.807) is 12.1 Å². The van der Waals surface area contributed by atoms with Crippen LogP contribution >= 0.6 is 11.6 Å². The van der Waals surface area contributed by atoms with Crippen LogP contribution in [-0.4, -0.2) is 11.7 Å². The summed E-state index contributed by atoms with van der Waals surface area (Å²) in [5.74, 6) is 0.660. The van der Waals surface area contributed by atoms with Gasteiger partial charge in [0.2, 0.25) is 0 Å². The fraction of sp³-hybridized carbons (Fsp3) is 0.143. The van der Waals surface area contributed by atoms with Crippen molar-refractivity contribution < 1.29 is 9.84 Å². The van der Waals surface area contributed by atoms with Crippen LogP contribution in [-0.2, 0) is 0 Å². The molecule has 1 N–H and O–H groups in total. The lowest BCUT2D eigenvalue weighted by atomic mass is 10.1. The fourth-order valence-corrected chi connectivity index (χ4v) is 1.68. The predicted octanol–water partition coefficient (Wildman–Crippen LogP) is 3.45. The third kappa shape index (κ3) is 3.48. The summed E-state index contributed by atoms with van der Waals surface area (Å²) in [5, 5.41) is 10.5. The Morgan fingerprint density at radius 3 is 2.53 bits per heavy atom. The molecule has 0 aromatic heterocycles. The maximum absolute atomic E-state index is 9.89. The minimum Gasteiger partial charge on any atom is -0.490 e. The molecule has 0 spiro atoms. The molecule has 2 aromatic rings. The van der Waals surface area contributed by atoms with Gasteiger partial charge in [-0.25, -0.2) is 0 Å². The number of rotatable bonds is 4. The quantitative estimate of drug-likeness (QED) is 0.898. The van der Waals surface area contributed by atoms with Crippen molar-refractivity contribution in [3.8, 4) is 5.75 Å². The Morgan fingerprint density at radius 2 is 1.82 bits per heavy atom. The third-order valence-electron chi connectivity index (χ3n) is 2.39. The van der Waals surface area contributed by atoms with E-state index < -0.39 is 6.10 Å². The number of hydrogen-bond donors (Lipinski definition) is 1. The molecule has 0 bridgehead atoms. The highest BCUT2D eigenvalue weighted by Gasteiger charge is 2.07. The van der Waals surface area contributed by atoms with E-state index in [2.05, 4.69) is 0 Å². The summed E-state index contributed by atoms with van der Waals surface area (Å²) in [5.41, 5.74) is 0.842. The molecule has 17 heavy (non-hydrogen) atoms. The lowest BCUT2D eigenvalue weighted by Gasteiger charge is -2.12. The Labute approximate surface area is 105 Å². The minimum atomic E-state index is -0.629. The first-order valence-electron chi connectivity index (χ1n) is 5.37. The highest BCUT2D eigenvalue weighted by atomic mass is 35.5. The summed E-state index contributed by atoms with van der Waals surface area (Å²) >= 11 is 5.83. The molecule has 0 saturated heterocycles. The van der Waals surface area contributed by atoms with Gasteiger partial charge in [-0.15, -0.1) is 0 Å². The maximum atomic E-state index is 9.89.